The Morgan fingerprint density at radius 2 is 1.41 bits per heavy atom. The maximum atomic E-state index is 14.4. The van der Waals surface area contributed by atoms with E-state index in [1.165, 1.54) is 20.9 Å². The number of carboxylic acids is 1. The van der Waals surface area contributed by atoms with Crippen LogP contribution in [-0.2, 0) is 31.0 Å². The van der Waals surface area contributed by atoms with E-state index in [2.05, 4.69) is 5.32 Å². The van der Waals surface area contributed by atoms with E-state index in [9.17, 15) is 24.3 Å². The van der Waals surface area contributed by atoms with Gasteiger partial charge in [-0.1, -0.05) is 100 Å². The highest BCUT2D eigenvalue weighted by Crippen LogP contribution is 2.31. The summed E-state index contributed by atoms with van der Waals surface area (Å²) in [6.07, 6.45) is 1.29. The first-order valence-corrected chi connectivity index (χ1v) is 14.9. The van der Waals surface area contributed by atoms with E-state index in [1.54, 1.807) is 11.9 Å². The number of hydrogen-bond donors (Lipinski definition) is 2. The summed E-state index contributed by atoms with van der Waals surface area (Å²) in [6.45, 7) is 14.2. The quantitative estimate of drug-likeness (QED) is 0.293. The van der Waals surface area contributed by atoms with Crippen LogP contribution >= 0.6 is 0 Å². The lowest BCUT2D eigenvalue weighted by Crippen LogP contribution is -2.61. The van der Waals surface area contributed by atoms with Crippen LogP contribution in [0.3, 0.4) is 0 Å². The van der Waals surface area contributed by atoms with Gasteiger partial charge in [0.25, 0.3) is 0 Å². The minimum atomic E-state index is -1.82. The zero-order chi connectivity index (χ0) is 33.4. The number of carbonyl (C=O) groups is 4. The predicted molar refractivity (Wildman–Crippen MR) is 172 cm³/mol. The van der Waals surface area contributed by atoms with Gasteiger partial charge in [-0.05, 0) is 44.7 Å². The maximum absolute atomic E-state index is 14.4. The van der Waals surface area contributed by atoms with Crippen molar-refractivity contribution in [1.29, 1.82) is 0 Å². The van der Waals surface area contributed by atoms with Crippen molar-refractivity contribution in [2.75, 3.05) is 14.1 Å². The first-order valence-electron chi connectivity index (χ1n) is 14.9. The molecule has 0 saturated heterocycles. The molecule has 0 bridgehead atoms. The fourth-order valence-electron chi connectivity index (χ4n) is 5.24. The third-order valence-electron chi connectivity index (χ3n) is 7.86. The van der Waals surface area contributed by atoms with Crippen LogP contribution in [0.25, 0.3) is 0 Å². The van der Waals surface area contributed by atoms with E-state index < -0.39 is 41.1 Å². The Kier molecular flexibility index (Phi) is 12.3. The molecule has 0 saturated carbocycles. The maximum Gasteiger partial charge on any atom is 0.411 e. The number of hydrogen-bond acceptors (Lipinski definition) is 5. The van der Waals surface area contributed by atoms with Crippen molar-refractivity contribution < 1.29 is 29.0 Å². The molecule has 44 heavy (non-hydrogen) atoms. The predicted octanol–water partition coefficient (Wildman–Crippen LogP) is 5.44. The number of carbonyl (C=O) groups excluding carboxylic acids is 3. The van der Waals surface area contributed by atoms with Gasteiger partial charge in [0.05, 0.1) is 6.04 Å². The summed E-state index contributed by atoms with van der Waals surface area (Å²) in [6, 6.07) is 16.3. The smallest absolute Gasteiger partial charge is 0.411 e. The lowest BCUT2D eigenvalue weighted by Gasteiger charge is -2.41. The molecule has 0 aromatic heterocycles. The number of nitrogens with zero attached hydrogens (tertiary/aromatic N) is 2. The molecule has 0 fully saturated rings. The standard InChI is InChI=1S/C35H49N3O6/c1-23(2)21-28(24(3)4)37(9)31(40)27(22-25-17-13-11-14-18-25)36-30(39)29(34(5,6)26-19-15-12-16-20-26)38(10)33(43)44-35(7,8)32(41)42/h11-21,24,27-29H,22H2,1-10H3,(H,36,39)(H,41,42)/t27-,28+,29+/m0/s1. The van der Waals surface area contributed by atoms with Crippen molar-refractivity contribution in [1.82, 2.24) is 15.1 Å². The molecular formula is C35H49N3O6. The molecule has 0 unspecified atom stereocenters. The summed E-state index contributed by atoms with van der Waals surface area (Å²) in [4.78, 5) is 56.3. The molecule has 2 rings (SSSR count). The molecule has 3 atom stereocenters. The van der Waals surface area contributed by atoms with Crippen molar-refractivity contribution in [2.24, 2.45) is 5.92 Å². The van der Waals surface area contributed by atoms with E-state index in [0.29, 0.717) is 0 Å². The third kappa shape index (κ3) is 9.18. The molecule has 9 nitrogen and oxygen atoms in total. The van der Waals surface area contributed by atoms with E-state index in [1.807, 2.05) is 108 Å². The summed E-state index contributed by atoms with van der Waals surface area (Å²) in [5, 5.41) is 12.5. The van der Waals surface area contributed by atoms with Gasteiger partial charge in [0.2, 0.25) is 17.4 Å². The van der Waals surface area contributed by atoms with Gasteiger partial charge in [-0.2, -0.15) is 0 Å². The lowest BCUT2D eigenvalue weighted by molar-refractivity contribution is -0.156. The summed E-state index contributed by atoms with van der Waals surface area (Å²) >= 11 is 0. The summed E-state index contributed by atoms with van der Waals surface area (Å²) in [5.41, 5.74) is -0.0990. The number of carboxylic acid groups (broad SMARTS) is 1. The van der Waals surface area contributed by atoms with E-state index >= 15 is 0 Å². The minimum absolute atomic E-state index is 0.121. The Hall–Kier alpha value is -4.14. The van der Waals surface area contributed by atoms with Crippen LogP contribution in [-0.4, -0.2) is 76.6 Å². The van der Waals surface area contributed by atoms with Crippen LogP contribution in [0.4, 0.5) is 4.79 Å². The number of nitrogens with one attached hydrogen (secondary N) is 1. The second-order valence-electron chi connectivity index (χ2n) is 13.0. The average molecular weight is 608 g/mol. The van der Waals surface area contributed by atoms with Gasteiger partial charge < -0.3 is 20.1 Å². The van der Waals surface area contributed by atoms with Crippen molar-refractivity contribution >= 4 is 23.9 Å². The van der Waals surface area contributed by atoms with Gasteiger partial charge in [-0.15, -0.1) is 0 Å². The van der Waals surface area contributed by atoms with Crippen molar-refractivity contribution in [3.8, 4) is 0 Å². The van der Waals surface area contributed by atoms with Crippen molar-refractivity contribution in [3.05, 3.63) is 83.4 Å². The molecule has 0 aliphatic heterocycles. The minimum Gasteiger partial charge on any atom is -0.478 e. The van der Waals surface area contributed by atoms with E-state index in [0.717, 1.165) is 21.6 Å². The van der Waals surface area contributed by atoms with Gasteiger partial charge in [-0.25, -0.2) is 9.59 Å². The molecule has 0 spiro atoms. The number of allylic oxidation sites excluding steroid dienone is 1. The highest BCUT2D eigenvalue weighted by Gasteiger charge is 2.45. The Bertz CT molecular complexity index is 1320. The topological polar surface area (TPSA) is 116 Å². The lowest BCUT2D eigenvalue weighted by atomic mass is 9.76. The Balaban J connectivity index is 2.59. The second kappa shape index (κ2) is 15.0. The largest absolute Gasteiger partial charge is 0.478 e. The number of rotatable bonds is 13. The summed E-state index contributed by atoms with van der Waals surface area (Å²) in [7, 11) is 3.14. The third-order valence-corrected chi connectivity index (χ3v) is 7.86. The van der Waals surface area contributed by atoms with Crippen LogP contribution in [0.1, 0.15) is 66.5 Å². The molecule has 2 N–H and O–H groups in total. The van der Waals surface area contributed by atoms with Gasteiger partial charge in [0.1, 0.15) is 12.1 Å². The Labute approximate surface area is 262 Å². The molecule has 0 radical (unpaired) electrons. The van der Waals surface area contributed by atoms with Crippen LogP contribution < -0.4 is 5.32 Å². The molecule has 2 aromatic rings. The Morgan fingerprint density at radius 3 is 1.89 bits per heavy atom. The SMILES string of the molecule is CC(C)=C[C@H](C(C)C)N(C)C(=O)[C@H](Cc1ccccc1)NC(=O)[C@@H](N(C)C(=O)OC(C)(C)C(=O)O)C(C)(C)c1ccccc1. The number of likely N-dealkylation sites (N-methyl/N-ethyl adjacent to an activating group) is 2. The average Bonchev–Trinajstić information content (AvgIpc) is 2.95. The van der Waals surface area contributed by atoms with Gasteiger partial charge >= 0.3 is 12.1 Å². The highest BCUT2D eigenvalue weighted by molar-refractivity contribution is 5.93. The van der Waals surface area contributed by atoms with Gasteiger partial charge in [-0.3, -0.25) is 14.5 Å². The van der Waals surface area contributed by atoms with Crippen LogP contribution in [0.15, 0.2) is 72.3 Å². The van der Waals surface area contributed by atoms with Crippen LogP contribution in [0.5, 0.6) is 0 Å². The van der Waals surface area contributed by atoms with Crippen LogP contribution in [0, 0.1) is 5.92 Å². The molecule has 3 amide bonds. The summed E-state index contributed by atoms with van der Waals surface area (Å²) in [5.74, 6) is -2.05. The number of aliphatic carboxylic acids is 1. The number of amides is 3. The molecule has 0 heterocycles. The fraction of sp³-hybridized carbons (Fsp3) is 0.486. The normalized spacial score (nSPS) is 13.7. The molecular weight excluding hydrogens is 558 g/mol. The zero-order valence-corrected chi connectivity index (χ0v) is 27.8. The first kappa shape index (κ1) is 36.1. The molecule has 240 valence electrons. The van der Waals surface area contributed by atoms with E-state index in [4.69, 9.17) is 4.74 Å². The zero-order valence-electron chi connectivity index (χ0n) is 27.8. The monoisotopic (exact) mass is 607 g/mol. The molecule has 0 aliphatic rings. The van der Waals surface area contributed by atoms with Gasteiger partial charge in [0, 0.05) is 25.9 Å². The van der Waals surface area contributed by atoms with Crippen LogP contribution in [0.2, 0.25) is 0 Å². The fourth-order valence-corrected chi connectivity index (χ4v) is 5.24. The number of benzene rings is 2. The van der Waals surface area contributed by atoms with Crippen molar-refractivity contribution in [3.63, 3.8) is 0 Å². The first-order chi connectivity index (χ1) is 20.4. The van der Waals surface area contributed by atoms with Crippen molar-refractivity contribution in [2.45, 2.75) is 91.0 Å². The second-order valence-corrected chi connectivity index (χ2v) is 13.0. The highest BCUT2D eigenvalue weighted by atomic mass is 16.6. The van der Waals surface area contributed by atoms with E-state index in [-0.39, 0.29) is 24.3 Å². The molecule has 0 aliphatic carbocycles. The number of ether oxygens (including phenoxy) is 1. The summed E-state index contributed by atoms with van der Waals surface area (Å²) < 4.78 is 5.33. The van der Waals surface area contributed by atoms with Gasteiger partial charge in [0.15, 0.2) is 0 Å². The Morgan fingerprint density at radius 1 is 0.886 bits per heavy atom. The molecule has 2 aromatic carbocycles. The molecule has 9 heteroatoms.